The molecule has 0 aliphatic carbocycles. The summed E-state index contributed by atoms with van der Waals surface area (Å²) in [6.07, 6.45) is 6.66. The molecule has 1 amide bonds. The molecule has 128 valence electrons. The van der Waals surface area contributed by atoms with Crippen molar-refractivity contribution in [1.29, 1.82) is 0 Å². The van der Waals surface area contributed by atoms with E-state index in [-0.39, 0.29) is 25.2 Å². The Bertz CT molecular complexity index is 666. The van der Waals surface area contributed by atoms with Crippen LogP contribution < -0.4 is 0 Å². The summed E-state index contributed by atoms with van der Waals surface area (Å²) in [7, 11) is -3.27. The average molecular weight is 342 g/mol. The van der Waals surface area contributed by atoms with E-state index in [1.54, 1.807) is 12.5 Å². The third kappa shape index (κ3) is 3.73. The lowest BCUT2D eigenvalue weighted by atomic mass is 10.2. The fourth-order valence-electron chi connectivity index (χ4n) is 3.08. The normalized spacial score (nSPS) is 22.3. The monoisotopic (exact) mass is 342 g/mol. The molecule has 8 nitrogen and oxygen atoms in total. The second-order valence-corrected chi connectivity index (χ2v) is 8.09. The molecule has 0 bridgehead atoms. The Hall–Kier alpha value is -1.45. The van der Waals surface area contributed by atoms with Gasteiger partial charge in [0.1, 0.15) is 6.61 Å². The van der Waals surface area contributed by atoms with Crippen LogP contribution in [-0.2, 0) is 26.1 Å². The SMILES string of the molecule is CS(=O)(=O)N1Cc2cncn2C(COCC(=O)N2CCCC2)C1. The average Bonchev–Trinajstić information content (AvgIpc) is 3.17. The fraction of sp³-hybridized carbons (Fsp3) is 0.714. The summed E-state index contributed by atoms with van der Waals surface area (Å²) in [5.41, 5.74) is 0.834. The number of fused-ring (bicyclic) bond motifs is 1. The van der Waals surface area contributed by atoms with E-state index in [9.17, 15) is 13.2 Å². The van der Waals surface area contributed by atoms with E-state index in [4.69, 9.17) is 4.74 Å². The number of amides is 1. The predicted molar refractivity (Wildman–Crippen MR) is 83.2 cm³/mol. The largest absolute Gasteiger partial charge is 0.369 e. The Kier molecular flexibility index (Phi) is 4.69. The molecule has 1 saturated heterocycles. The van der Waals surface area contributed by atoms with Crippen molar-refractivity contribution in [3.8, 4) is 0 Å². The van der Waals surface area contributed by atoms with Gasteiger partial charge in [-0.25, -0.2) is 13.4 Å². The smallest absolute Gasteiger partial charge is 0.248 e. The molecule has 0 saturated carbocycles. The van der Waals surface area contributed by atoms with Crippen molar-refractivity contribution in [3.05, 3.63) is 18.2 Å². The Labute approximate surface area is 136 Å². The Balaban J connectivity index is 1.59. The molecule has 3 heterocycles. The summed E-state index contributed by atoms with van der Waals surface area (Å²) >= 11 is 0. The minimum atomic E-state index is -3.27. The molecule has 1 unspecified atom stereocenters. The summed E-state index contributed by atoms with van der Waals surface area (Å²) < 4.78 is 32.6. The minimum Gasteiger partial charge on any atom is -0.369 e. The molecule has 2 aliphatic rings. The van der Waals surface area contributed by atoms with Gasteiger partial charge in [0.2, 0.25) is 15.9 Å². The molecule has 0 radical (unpaired) electrons. The first-order chi connectivity index (χ1) is 10.9. The third-order valence-electron chi connectivity index (χ3n) is 4.36. The lowest BCUT2D eigenvalue weighted by molar-refractivity contribution is -0.135. The lowest BCUT2D eigenvalue weighted by Crippen LogP contribution is -2.42. The molecule has 2 aliphatic heterocycles. The topological polar surface area (TPSA) is 84.7 Å². The maximum Gasteiger partial charge on any atom is 0.248 e. The van der Waals surface area contributed by atoms with E-state index in [1.807, 2.05) is 9.47 Å². The molecular weight excluding hydrogens is 320 g/mol. The standard InChI is InChI=1S/C14H22N4O4S/c1-23(20,21)17-7-12-6-15-11-18(12)13(8-17)9-22-10-14(19)16-4-2-3-5-16/h6,11,13H,2-5,7-10H2,1H3. The van der Waals surface area contributed by atoms with Crippen LogP contribution in [0.2, 0.25) is 0 Å². The zero-order chi connectivity index (χ0) is 16.4. The van der Waals surface area contributed by atoms with Crippen molar-refractivity contribution >= 4 is 15.9 Å². The van der Waals surface area contributed by atoms with E-state index >= 15 is 0 Å². The van der Waals surface area contributed by atoms with Gasteiger partial charge in [0, 0.05) is 25.8 Å². The number of carbonyl (C=O) groups excluding carboxylic acids is 1. The number of likely N-dealkylation sites (tertiary alicyclic amines) is 1. The van der Waals surface area contributed by atoms with E-state index in [2.05, 4.69) is 4.98 Å². The van der Waals surface area contributed by atoms with Gasteiger partial charge in [-0.1, -0.05) is 0 Å². The van der Waals surface area contributed by atoms with Gasteiger partial charge in [-0.05, 0) is 12.8 Å². The zero-order valence-electron chi connectivity index (χ0n) is 13.2. The van der Waals surface area contributed by atoms with Gasteiger partial charge in [-0.15, -0.1) is 0 Å². The van der Waals surface area contributed by atoms with Crippen molar-refractivity contribution in [2.45, 2.75) is 25.4 Å². The van der Waals surface area contributed by atoms with E-state index in [1.165, 1.54) is 10.6 Å². The van der Waals surface area contributed by atoms with Crippen LogP contribution in [0, 0.1) is 0 Å². The first-order valence-electron chi connectivity index (χ1n) is 7.76. The zero-order valence-corrected chi connectivity index (χ0v) is 14.0. The summed E-state index contributed by atoms with van der Waals surface area (Å²) in [4.78, 5) is 17.9. The number of hydrogen-bond donors (Lipinski definition) is 0. The first-order valence-corrected chi connectivity index (χ1v) is 9.61. The molecule has 1 aromatic rings. The fourth-order valence-corrected chi connectivity index (χ4v) is 3.89. The van der Waals surface area contributed by atoms with Gasteiger partial charge in [-0.2, -0.15) is 4.31 Å². The summed E-state index contributed by atoms with van der Waals surface area (Å²) in [6, 6.07) is -0.164. The molecule has 0 N–H and O–H groups in total. The van der Waals surface area contributed by atoms with E-state index in [0.717, 1.165) is 31.6 Å². The van der Waals surface area contributed by atoms with Gasteiger partial charge in [-0.3, -0.25) is 4.79 Å². The highest BCUT2D eigenvalue weighted by atomic mass is 32.2. The Morgan fingerprint density at radius 2 is 2.13 bits per heavy atom. The highest BCUT2D eigenvalue weighted by Gasteiger charge is 2.30. The Morgan fingerprint density at radius 1 is 1.39 bits per heavy atom. The van der Waals surface area contributed by atoms with Crippen molar-refractivity contribution in [2.24, 2.45) is 0 Å². The van der Waals surface area contributed by atoms with Crippen LogP contribution in [0.25, 0.3) is 0 Å². The highest BCUT2D eigenvalue weighted by molar-refractivity contribution is 7.88. The maximum absolute atomic E-state index is 12.0. The number of sulfonamides is 1. The lowest BCUT2D eigenvalue weighted by Gasteiger charge is -2.32. The maximum atomic E-state index is 12.0. The summed E-state index contributed by atoms with van der Waals surface area (Å²) in [6.45, 7) is 2.59. The molecule has 1 aromatic heterocycles. The quantitative estimate of drug-likeness (QED) is 0.742. The van der Waals surface area contributed by atoms with Crippen LogP contribution in [0.5, 0.6) is 0 Å². The van der Waals surface area contributed by atoms with Crippen LogP contribution in [0.15, 0.2) is 12.5 Å². The highest BCUT2D eigenvalue weighted by Crippen LogP contribution is 2.23. The van der Waals surface area contributed by atoms with Crippen molar-refractivity contribution < 1.29 is 17.9 Å². The number of ether oxygens (including phenoxy) is 1. The first kappa shape index (κ1) is 16.4. The number of imidazole rings is 1. The summed E-state index contributed by atoms with van der Waals surface area (Å²) in [5.74, 6) is 0.00383. The molecule has 23 heavy (non-hydrogen) atoms. The molecule has 0 aromatic carbocycles. The van der Waals surface area contributed by atoms with E-state index < -0.39 is 10.0 Å². The Morgan fingerprint density at radius 3 is 2.83 bits per heavy atom. The second-order valence-electron chi connectivity index (χ2n) is 6.10. The van der Waals surface area contributed by atoms with Crippen molar-refractivity contribution in [1.82, 2.24) is 18.8 Å². The molecule has 0 spiro atoms. The number of hydrogen-bond acceptors (Lipinski definition) is 5. The molecular formula is C14H22N4O4S. The van der Waals surface area contributed by atoms with Gasteiger partial charge < -0.3 is 14.2 Å². The summed E-state index contributed by atoms with van der Waals surface area (Å²) in [5, 5.41) is 0. The van der Waals surface area contributed by atoms with Crippen LogP contribution >= 0.6 is 0 Å². The van der Waals surface area contributed by atoms with Crippen LogP contribution in [0.1, 0.15) is 24.6 Å². The van der Waals surface area contributed by atoms with Crippen LogP contribution in [0.3, 0.4) is 0 Å². The van der Waals surface area contributed by atoms with Crippen LogP contribution in [-0.4, -0.2) is 72.2 Å². The number of carbonyl (C=O) groups is 1. The van der Waals surface area contributed by atoms with Gasteiger partial charge in [0.25, 0.3) is 0 Å². The number of nitrogens with zero attached hydrogens (tertiary/aromatic N) is 4. The van der Waals surface area contributed by atoms with Crippen molar-refractivity contribution in [2.75, 3.05) is 39.1 Å². The molecule has 3 rings (SSSR count). The molecule has 1 fully saturated rings. The van der Waals surface area contributed by atoms with Gasteiger partial charge in [0.15, 0.2) is 0 Å². The van der Waals surface area contributed by atoms with Crippen LogP contribution in [0.4, 0.5) is 0 Å². The number of rotatable bonds is 5. The molecule has 9 heteroatoms. The van der Waals surface area contributed by atoms with Gasteiger partial charge >= 0.3 is 0 Å². The predicted octanol–water partition coefficient (Wildman–Crippen LogP) is -0.162. The second kappa shape index (κ2) is 6.58. The minimum absolute atomic E-state index is 0.00383. The van der Waals surface area contributed by atoms with E-state index in [0.29, 0.717) is 13.1 Å². The third-order valence-corrected chi connectivity index (χ3v) is 5.57. The number of aromatic nitrogens is 2. The van der Waals surface area contributed by atoms with Crippen molar-refractivity contribution in [3.63, 3.8) is 0 Å². The molecule has 1 atom stereocenters. The van der Waals surface area contributed by atoms with Gasteiger partial charge in [0.05, 0.1) is 37.5 Å².